The third-order valence-electron chi connectivity index (χ3n) is 3.22. The third kappa shape index (κ3) is 4.10. The van der Waals surface area contributed by atoms with E-state index in [9.17, 15) is 4.79 Å². The minimum absolute atomic E-state index is 0.128. The topological polar surface area (TPSA) is 61.6 Å². The predicted octanol–water partition coefficient (Wildman–Crippen LogP) is 4.43. The number of halogens is 1. The van der Waals surface area contributed by atoms with E-state index in [1.807, 2.05) is 42.5 Å². The Morgan fingerprint density at radius 2 is 2.12 bits per heavy atom. The number of hydrogen-bond acceptors (Lipinski definition) is 6. The van der Waals surface area contributed by atoms with Gasteiger partial charge in [-0.3, -0.25) is 4.79 Å². The Labute approximate surface area is 151 Å². The van der Waals surface area contributed by atoms with E-state index < -0.39 is 0 Å². The van der Waals surface area contributed by atoms with E-state index in [1.165, 1.54) is 11.8 Å². The van der Waals surface area contributed by atoms with Crippen molar-refractivity contribution in [2.24, 2.45) is 0 Å². The molecule has 0 aliphatic rings. The van der Waals surface area contributed by atoms with Crippen LogP contribution in [0.5, 0.6) is 5.75 Å². The van der Waals surface area contributed by atoms with Gasteiger partial charge in [-0.25, -0.2) is 4.98 Å². The first-order valence-corrected chi connectivity index (χ1v) is 8.90. The number of para-hydroxylation sites is 2. The maximum atomic E-state index is 11.9. The number of nitrogens with zero attached hydrogens (tertiary/aromatic N) is 1. The minimum atomic E-state index is -0.343. The summed E-state index contributed by atoms with van der Waals surface area (Å²) < 4.78 is 17.0. The third-order valence-corrected chi connectivity index (χ3v) is 4.51. The average Bonchev–Trinajstić information content (AvgIpc) is 3.01. The van der Waals surface area contributed by atoms with Crippen LogP contribution in [0.1, 0.15) is 5.56 Å². The van der Waals surface area contributed by atoms with Crippen LogP contribution in [0.2, 0.25) is 0 Å². The number of thioether (sulfide) groups is 1. The number of aromatic nitrogens is 1. The van der Waals surface area contributed by atoms with Crippen LogP contribution in [0.25, 0.3) is 11.1 Å². The maximum Gasteiger partial charge on any atom is 0.316 e. The van der Waals surface area contributed by atoms with E-state index in [-0.39, 0.29) is 18.3 Å². The number of hydrogen-bond donors (Lipinski definition) is 0. The molecular weight excluding hydrogens is 394 g/mol. The van der Waals surface area contributed by atoms with Crippen LogP contribution in [0.4, 0.5) is 0 Å². The molecule has 0 aliphatic heterocycles. The van der Waals surface area contributed by atoms with E-state index in [1.54, 1.807) is 7.11 Å². The number of carbonyl (C=O) groups is 1. The molecule has 1 aromatic heterocycles. The summed E-state index contributed by atoms with van der Waals surface area (Å²) >= 11 is 4.60. The molecular formula is C17H14BrNO4S. The Kier molecular flexibility index (Phi) is 5.42. The fraction of sp³-hybridized carbons (Fsp3) is 0.176. The van der Waals surface area contributed by atoms with Gasteiger partial charge in [0.25, 0.3) is 5.22 Å². The molecule has 0 bridgehead atoms. The van der Waals surface area contributed by atoms with Gasteiger partial charge in [0.15, 0.2) is 5.58 Å². The number of oxazole rings is 1. The van der Waals surface area contributed by atoms with Gasteiger partial charge in [-0.2, -0.15) is 0 Å². The molecule has 3 rings (SSSR count). The fourth-order valence-corrected chi connectivity index (χ4v) is 3.14. The summed E-state index contributed by atoms with van der Waals surface area (Å²) in [7, 11) is 1.58. The van der Waals surface area contributed by atoms with Gasteiger partial charge in [0, 0.05) is 10.0 Å². The lowest BCUT2D eigenvalue weighted by molar-refractivity contribution is -0.141. The molecule has 0 saturated carbocycles. The summed E-state index contributed by atoms with van der Waals surface area (Å²) in [5, 5.41) is 0.452. The van der Waals surface area contributed by atoms with E-state index in [2.05, 4.69) is 20.9 Å². The van der Waals surface area contributed by atoms with Crippen LogP contribution < -0.4 is 4.74 Å². The van der Waals surface area contributed by atoms with Crippen LogP contribution in [-0.4, -0.2) is 23.8 Å². The smallest absolute Gasteiger partial charge is 0.316 e. The molecule has 7 heteroatoms. The molecule has 5 nitrogen and oxygen atoms in total. The molecule has 0 radical (unpaired) electrons. The molecule has 0 N–H and O–H groups in total. The number of ether oxygens (including phenoxy) is 2. The SMILES string of the molecule is COc1ccc(Br)cc1COC(=O)CSc1nc2ccccc2o1. The number of fused-ring (bicyclic) bond motifs is 1. The summed E-state index contributed by atoms with van der Waals surface area (Å²) in [6.07, 6.45) is 0. The number of rotatable bonds is 6. The number of carbonyl (C=O) groups excluding carboxylic acids is 1. The van der Waals surface area contributed by atoms with Crippen molar-refractivity contribution in [2.75, 3.05) is 12.9 Å². The summed E-state index contributed by atoms with van der Waals surface area (Å²) in [6, 6.07) is 13.0. The average molecular weight is 408 g/mol. The highest BCUT2D eigenvalue weighted by Crippen LogP contribution is 2.25. The Hall–Kier alpha value is -1.99. The first-order valence-electron chi connectivity index (χ1n) is 7.12. The maximum absolute atomic E-state index is 11.9. The zero-order valence-electron chi connectivity index (χ0n) is 12.8. The molecule has 0 fully saturated rings. The van der Waals surface area contributed by atoms with Gasteiger partial charge in [0.05, 0.1) is 7.11 Å². The quantitative estimate of drug-likeness (QED) is 0.444. The number of esters is 1. The normalized spacial score (nSPS) is 10.8. The van der Waals surface area contributed by atoms with Gasteiger partial charge < -0.3 is 13.9 Å². The van der Waals surface area contributed by atoms with Gasteiger partial charge in [-0.15, -0.1) is 0 Å². The zero-order valence-corrected chi connectivity index (χ0v) is 15.2. The Bertz CT molecular complexity index is 832. The van der Waals surface area contributed by atoms with Crippen LogP contribution in [0, 0.1) is 0 Å². The summed E-state index contributed by atoms with van der Waals surface area (Å²) in [5.74, 6) is 0.463. The largest absolute Gasteiger partial charge is 0.496 e. The molecule has 0 atom stereocenters. The van der Waals surface area contributed by atoms with Crippen LogP contribution in [0.3, 0.4) is 0 Å². The van der Waals surface area contributed by atoms with Crippen molar-refractivity contribution < 1.29 is 18.7 Å². The van der Waals surface area contributed by atoms with Gasteiger partial charge in [-0.1, -0.05) is 39.8 Å². The van der Waals surface area contributed by atoms with Gasteiger partial charge >= 0.3 is 5.97 Å². The molecule has 124 valence electrons. The molecule has 2 aromatic carbocycles. The number of methoxy groups -OCH3 is 1. The minimum Gasteiger partial charge on any atom is -0.496 e. The Morgan fingerprint density at radius 3 is 2.92 bits per heavy atom. The van der Waals surface area contributed by atoms with E-state index in [0.717, 1.165) is 15.6 Å². The summed E-state index contributed by atoms with van der Waals surface area (Å²) in [4.78, 5) is 16.2. The van der Waals surface area contributed by atoms with Crippen molar-refractivity contribution in [3.8, 4) is 5.75 Å². The second-order valence-electron chi connectivity index (χ2n) is 4.85. The highest BCUT2D eigenvalue weighted by atomic mass is 79.9. The second-order valence-corrected chi connectivity index (χ2v) is 6.70. The van der Waals surface area contributed by atoms with Crippen molar-refractivity contribution in [2.45, 2.75) is 11.8 Å². The molecule has 3 aromatic rings. The molecule has 1 heterocycles. The predicted molar refractivity (Wildman–Crippen MR) is 95.2 cm³/mol. The van der Waals surface area contributed by atoms with Crippen molar-refractivity contribution in [3.05, 3.63) is 52.5 Å². The molecule has 0 unspecified atom stereocenters. The summed E-state index contributed by atoms with van der Waals surface area (Å²) in [6.45, 7) is 0.148. The standard InChI is InChI=1S/C17H14BrNO4S/c1-21-14-7-6-12(18)8-11(14)9-22-16(20)10-24-17-19-13-4-2-3-5-15(13)23-17/h2-8H,9-10H2,1H3. The lowest BCUT2D eigenvalue weighted by Gasteiger charge is -2.09. The molecule has 0 amide bonds. The van der Waals surface area contributed by atoms with Crippen LogP contribution in [-0.2, 0) is 16.1 Å². The summed E-state index contributed by atoms with van der Waals surface area (Å²) in [5.41, 5.74) is 2.27. The van der Waals surface area contributed by atoms with Gasteiger partial charge in [-0.05, 0) is 30.3 Å². The molecule has 0 saturated heterocycles. The van der Waals surface area contributed by atoms with Crippen molar-refractivity contribution in [1.29, 1.82) is 0 Å². The van der Waals surface area contributed by atoms with Crippen LogP contribution in [0.15, 0.2) is 56.6 Å². The van der Waals surface area contributed by atoms with Crippen LogP contribution >= 0.6 is 27.7 Å². The van der Waals surface area contributed by atoms with Crippen molar-refractivity contribution in [3.63, 3.8) is 0 Å². The fourth-order valence-electron chi connectivity index (χ4n) is 2.09. The molecule has 0 aliphatic carbocycles. The van der Waals surface area contributed by atoms with E-state index in [0.29, 0.717) is 16.6 Å². The van der Waals surface area contributed by atoms with Crippen molar-refractivity contribution >= 4 is 44.8 Å². The number of benzene rings is 2. The second kappa shape index (κ2) is 7.72. The first kappa shape index (κ1) is 16.9. The monoisotopic (exact) mass is 407 g/mol. The molecule has 24 heavy (non-hydrogen) atoms. The zero-order chi connectivity index (χ0) is 16.9. The highest BCUT2D eigenvalue weighted by molar-refractivity contribution is 9.10. The lowest BCUT2D eigenvalue weighted by Crippen LogP contribution is -2.08. The van der Waals surface area contributed by atoms with Crippen molar-refractivity contribution in [1.82, 2.24) is 4.98 Å². The van der Waals surface area contributed by atoms with E-state index >= 15 is 0 Å². The van der Waals surface area contributed by atoms with Gasteiger partial charge in [0.1, 0.15) is 23.6 Å². The Balaban J connectivity index is 1.55. The lowest BCUT2D eigenvalue weighted by atomic mass is 10.2. The van der Waals surface area contributed by atoms with Gasteiger partial charge in [0.2, 0.25) is 0 Å². The van der Waals surface area contributed by atoms with E-state index in [4.69, 9.17) is 13.9 Å². The first-order chi connectivity index (χ1) is 11.7. The molecule has 0 spiro atoms. The highest BCUT2D eigenvalue weighted by Gasteiger charge is 2.11. The Morgan fingerprint density at radius 1 is 1.29 bits per heavy atom.